The lowest BCUT2D eigenvalue weighted by molar-refractivity contribution is 0.114. The molecular formula is C15H19NO5S. The summed E-state index contributed by atoms with van der Waals surface area (Å²) in [5.74, 6) is 1.19. The van der Waals surface area contributed by atoms with Gasteiger partial charge in [0.15, 0.2) is 0 Å². The molecule has 0 spiro atoms. The number of hydrogen-bond donors (Lipinski definition) is 1. The van der Waals surface area contributed by atoms with Crippen LogP contribution in [0.1, 0.15) is 24.0 Å². The van der Waals surface area contributed by atoms with Crippen LogP contribution in [0.25, 0.3) is 0 Å². The zero-order chi connectivity index (χ0) is 15.2. The van der Waals surface area contributed by atoms with Crippen molar-refractivity contribution in [2.24, 2.45) is 0 Å². The third-order valence-electron chi connectivity index (χ3n) is 4.40. The standard InChI is InChI=1S/C15H19NO5S/c17-22(18,16-9-11-2-1-5-19-11)15-12-4-7-20-13(12)8-10-3-6-21-14(10)15/h8,11,16H,1-7,9H2. The van der Waals surface area contributed by atoms with Gasteiger partial charge in [-0.25, -0.2) is 13.1 Å². The maximum absolute atomic E-state index is 12.8. The van der Waals surface area contributed by atoms with E-state index in [9.17, 15) is 8.42 Å². The van der Waals surface area contributed by atoms with Crippen LogP contribution in [-0.4, -0.2) is 40.9 Å². The second kappa shape index (κ2) is 5.40. The number of nitrogens with one attached hydrogen (secondary N) is 1. The van der Waals surface area contributed by atoms with Crippen molar-refractivity contribution in [2.75, 3.05) is 26.4 Å². The Balaban J connectivity index is 1.68. The molecule has 1 unspecified atom stereocenters. The maximum atomic E-state index is 12.8. The second-order valence-corrected chi connectivity index (χ2v) is 7.56. The summed E-state index contributed by atoms with van der Waals surface area (Å²) in [4.78, 5) is 0.271. The van der Waals surface area contributed by atoms with E-state index in [1.165, 1.54) is 0 Å². The van der Waals surface area contributed by atoms with Crippen LogP contribution in [-0.2, 0) is 27.6 Å². The molecule has 6 nitrogen and oxygen atoms in total. The van der Waals surface area contributed by atoms with E-state index in [0.29, 0.717) is 44.3 Å². The van der Waals surface area contributed by atoms with Crippen molar-refractivity contribution in [1.82, 2.24) is 4.72 Å². The summed E-state index contributed by atoms with van der Waals surface area (Å²) in [6.07, 6.45) is 3.17. The van der Waals surface area contributed by atoms with Gasteiger partial charge < -0.3 is 14.2 Å². The Morgan fingerprint density at radius 3 is 2.86 bits per heavy atom. The number of rotatable bonds is 4. The highest BCUT2D eigenvalue weighted by molar-refractivity contribution is 7.89. The molecule has 120 valence electrons. The predicted octanol–water partition coefficient (Wildman–Crippen LogP) is 1.01. The summed E-state index contributed by atoms with van der Waals surface area (Å²) in [6, 6.07) is 1.92. The lowest BCUT2D eigenvalue weighted by Gasteiger charge is -2.16. The van der Waals surface area contributed by atoms with Gasteiger partial charge in [-0.3, -0.25) is 0 Å². The molecule has 3 aliphatic rings. The highest BCUT2D eigenvalue weighted by atomic mass is 32.2. The van der Waals surface area contributed by atoms with Crippen LogP contribution >= 0.6 is 0 Å². The Kier molecular flexibility index (Phi) is 3.51. The molecule has 3 heterocycles. The first-order valence-electron chi connectivity index (χ1n) is 7.71. The zero-order valence-electron chi connectivity index (χ0n) is 12.3. The van der Waals surface area contributed by atoms with Gasteiger partial charge in [-0.15, -0.1) is 0 Å². The summed E-state index contributed by atoms with van der Waals surface area (Å²) in [5.41, 5.74) is 1.65. The second-order valence-electron chi connectivity index (χ2n) is 5.85. The number of sulfonamides is 1. The van der Waals surface area contributed by atoms with Gasteiger partial charge in [-0.05, 0) is 18.9 Å². The Hall–Kier alpha value is -1.31. The molecule has 0 aliphatic carbocycles. The van der Waals surface area contributed by atoms with Crippen LogP contribution in [0.15, 0.2) is 11.0 Å². The molecule has 1 aromatic rings. The predicted molar refractivity (Wildman–Crippen MR) is 79.0 cm³/mol. The zero-order valence-corrected chi connectivity index (χ0v) is 13.1. The Labute approximate surface area is 129 Å². The van der Waals surface area contributed by atoms with Gasteiger partial charge in [-0.1, -0.05) is 0 Å². The molecule has 7 heteroatoms. The van der Waals surface area contributed by atoms with E-state index in [4.69, 9.17) is 14.2 Å². The molecule has 0 bridgehead atoms. The summed E-state index contributed by atoms with van der Waals surface area (Å²) in [7, 11) is -3.63. The van der Waals surface area contributed by atoms with Crippen LogP contribution in [0.4, 0.5) is 0 Å². The fourth-order valence-electron chi connectivity index (χ4n) is 3.31. The molecule has 0 saturated carbocycles. The van der Waals surface area contributed by atoms with Crippen LogP contribution in [0.5, 0.6) is 11.5 Å². The number of ether oxygens (including phenoxy) is 3. The Bertz CT molecular complexity index is 662. The van der Waals surface area contributed by atoms with E-state index < -0.39 is 10.0 Å². The summed E-state index contributed by atoms with van der Waals surface area (Å²) in [6.45, 7) is 2.06. The van der Waals surface area contributed by atoms with Gasteiger partial charge in [0.25, 0.3) is 0 Å². The molecule has 1 fully saturated rings. The minimum absolute atomic E-state index is 0.0308. The van der Waals surface area contributed by atoms with E-state index >= 15 is 0 Å². The van der Waals surface area contributed by atoms with E-state index in [1.54, 1.807) is 0 Å². The molecule has 0 radical (unpaired) electrons. The van der Waals surface area contributed by atoms with Gasteiger partial charge in [0.05, 0.1) is 19.3 Å². The quantitative estimate of drug-likeness (QED) is 0.894. The largest absolute Gasteiger partial charge is 0.493 e. The van der Waals surface area contributed by atoms with Crippen molar-refractivity contribution in [1.29, 1.82) is 0 Å². The van der Waals surface area contributed by atoms with Gasteiger partial charge in [-0.2, -0.15) is 0 Å². The third-order valence-corrected chi connectivity index (χ3v) is 5.91. The smallest absolute Gasteiger partial charge is 0.244 e. The summed E-state index contributed by atoms with van der Waals surface area (Å²) >= 11 is 0. The normalized spacial score (nSPS) is 23.0. The minimum atomic E-state index is -3.63. The molecule has 0 amide bonds. The van der Waals surface area contributed by atoms with Crippen LogP contribution in [0, 0.1) is 0 Å². The molecule has 1 saturated heterocycles. The Morgan fingerprint density at radius 2 is 2.05 bits per heavy atom. The van der Waals surface area contributed by atoms with E-state index in [0.717, 1.165) is 30.4 Å². The number of benzene rings is 1. The van der Waals surface area contributed by atoms with Crippen LogP contribution in [0.3, 0.4) is 0 Å². The van der Waals surface area contributed by atoms with Gasteiger partial charge in [0.1, 0.15) is 16.4 Å². The highest BCUT2D eigenvalue weighted by Gasteiger charge is 2.34. The SMILES string of the molecule is O=S(=O)(NCC1CCCO1)c1c2c(cc3c1OCC3)OCC2. The number of hydrogen-bond acceptors (Lipinski definition) is 5. The van der Waals surface area contributed by atoms with Gasteiger partial charge in [0, 0.05) is 37.1 Å². The van der Waals surface area contributed by atoms with Gasteiger partial charge >= 0.3 is 0 Å². The molecule has 1 aromatic carbocycles. The molecule has 0 aromatic heterocycles. The fourth-order valence-corrected chi connectivity index (χ4v) is 4.82. The third kappa shape index (κ3) is 2.37. The molecule has 22 heavy (non-hydrogen) atoms. The lowest BCUT2D eigenvalue weighted by Crippen LogP contribution is -2.32. The van der Waals surface area contributed by atoms with Crippen molar-refractivity contribution in [3.8, 4) is 11.5 Å². The van der Waals surface area contributed by atoms with E-state index in [-0.39, 0.29) is 11.0 Å². The topological polar surface area (TPSA) is 73.9 Å². The van der Waals surface area contributed by atoms with Crippen LogP contribution in [0.2, 0.25) is 0 Å². The Morgan fingerprint density at radius 1 is 1.18 bits per heavy atom. The average molecular weight is 325 g/mol. The van der Waals surface area contributed by atoms with Crippen molar-refractivity contribution in [2.45, 2.75) is 36.7 Å². The summed E-state index contributed by atoms with van der Waals surface area (Å²) < 4.78 is 45.0. The van der Waals surface area contributed by atoms with E-state index in [1.807, 2.05) is 6.07 Å². The molecule has 1 atom stereocenters. The maximum Gasteiger partial charge on any atom is 0.244 e. The lowest BCUT2D eigenvalue weighted by atomic mass is 10.1. The minimum Gasteiger partial charge on any atom is -0.493 e. The van der Waals surface area contributed by atoms with Crippen molar-refractivity contribution >= 4 is 10.0 Å². The van der Waals surface area contributed by atoms with Crippen LogP contribution < -0.4 is 14.2 Å². The summed E-state index contributed by atoms with van der Waals surface area (Å²) in [5, 5.41) is 0. The first-order valence-corrected chi connectivity index (χ1v) is 9.19. The van der Waals surface area contributed by atoms with Crippen molar-refractivity contribution < 1.29 is 22.6 Å². The monoisotopic (exact) mass is 325 g/mol. The highest BCUT2D eigenvalue weighted by Crippen LogP contribution is 2.42. The average Bonchev–Trinajstić information content (AvgIpc) is 3.22. The molecule has 4 rings (SSSR count). The van der Waals surface area contributed by atoms with E-state index in [2.05, 4.69) is 4.72 Å². The van der Waals surface area contributed by atoms with Gasteiger partial charge in [0.2, 0.25) is 10.0 Å². The fraction of sp³-hybridized carbons (Fsp3) is 0.600. The first-order chi connectivity index (χ1) is 10.6. The number of fused-ring (bicyclic) bond motifs is 2. The molecule has 1 N–H and O–H groups in total. The first kappa shape index (κ1) is 14.3. The van der Waals surface area contributed by atoms with Crippen molar-refractivity contribution in [3.05, 3.63) is 17.2 Å². The molecular weight excluding hydrogens is 306 g/mol. The molecule has 3 aliphatic heterocycles. The van der Waals surface area contributed by atoms with Crippen molar-refractivity contribution in [3.63, 3.8) is 0 Å².